The summed E-state index contributed by atoms with van der Waals surface area (Å²) in [6.07, 6.45) is 0. The number of azo groups is 1. The first-order valence-electron chi connectivity index (χ1n) is 7.89. The second-order valence-electron chi connectivity index (χ2n) is 5.27. The second kappa shape index (κ2) is 9.99. The van der Waals surface area contributed by atoms with E-state index in [9.17, 15) is 4.79 Å². The summed E-state index contributed by atoms with van der Waals surface area (Å²) in [5.74, 6) is 0.631. The van der Waals surface area contributed by atoms with E-state index in [2.05, 4.69) is 10.2 Å². The molecule has 0 fully saturated rings. The topological polar surface area (TPSA) is 74.5 Å². The number of aromatic carboxylic acids is 1. The van der Waals surface area contributed by atoms with Gasteiger partial charge in [0.15, 0.2) is 0 Å². The molecule has 6 nitrogen and oxygen atoms in total. The fraction of sp³-hybridized carbons (Fsp3) is 0.278. The van der Waals surface area contributed by atoms with E-state index in [1.54, 1.807) is 25.3 Å². The molecule has 0 saturated heterocycles. The lowest BCUT2D eigenvalue weighted by Crippen LogP contribution is -2.27. The highest BCUT2D eigenvalue weighted by Gasteiger charge is 2.12. The predicted octanol–water partition coefficient (Wildman–Crippen LogP) is 5.09. The highest BCUT2D eigenvalue weighted by molar-refractivity contribution is 6.18. The summed E-state index contributed by atoms with van der Waals surface area (Å²) in [5, 5.41) is 17.2. The number of hydrogen-bond donors (Lipinski definition) is 1. The van der Waals surface area contributed by atoms with Crippen molar-refractivity contribution in [2.24, 2.45) is 10.2 Å². The maximum Gasteiger partial charge on any atom is 0.335 e. The zero-order valence-corrected chi connectivity index (χ0v) is 15.7. The zero-order valence-electron chi connectivity index (χ0n) is 14.2. The maximum atomic E-state index is 10.9. The number of nitrogens with zero attached hydrogens (tertiary/aromatic N) is 3. The monoisotopic (exact) mass is 395 g/mol. The van der Waals surface area contributed by atoms with Crippen LogP contribution in [0.2, 0.25) is 0 Å². The normalized spacial score (nSPS) is 10.9. The first kappa shape index (κ1) is 20.0. The number of carbonyl (C=O) groups is 1. The molecule has 0 aliphatic heterocycles. The Morgan fingerprint density at radius 3 is 2.15 bits per heavy atom. The third kappa shape index (κ3) is 5.34. The molecular formula is C18H19Cl2N3O3. The molecule has 0 aromatic heterocycles. The van der Waals surface area contributed by atoms with Gasteiger partial charge in [0, 0.05) is 30.9 Å². The Morgan fingerprint density at radius 1 is 1.04 bits per heavy atom. The van der Waals surface area contributed by atoms with Gasteiger partial charge in [-0.3, -0.25) is 0 Å². The van der Waals surface area contributed by atoms with Crippen molar-refractivity contribution in [1.29, 1.82) is 0 Å². The maximum absolute atomic E-state index is 10.9. The van der Waals surface area contributed by atoms with Crippen molar-refractivity contribution in [1.82, 2.24) is 0 Å². The SMILES string of the molecule is COc1cc(N=Nc2ccc(C(=O)O)cc2)ccc1N(CCCl)CCCl. The van der Waals surface area contributed by atoms with Crippen LogP contribution in [0.25, 0.3) is 0 Å². The fourth-order valence-electron chi connectivity index (χ4n) is 2.33. The molecule has 138 valence electrons. The number of rotatable bonds is 9. The minimum absolute atomic E-state index is 0.202. The molecule has 8 heteroatoms. The van der Waals surface area contributed by atoms with Gasteiger partial charge in [-0.1, -0.05) is 0 Å². The van der Waals surface area contributed by atoms with E-state index in [0.29, 0.717) is 42.0 Å². The summed E-state index contributed by atoms with van der Waals surface area (Å²) < 4.78 is 5.46. The van der Waals surface area contributed by atoms with E-state index in [0.717, 1.165) is 5.69 Å². The van der Waals surface area contributed by atoms with Crippen molar-refractivity contribution in [2.45, 2.75) is 0 Å². The number of carboxylic acids is 1. The number of alkyl halides is 2. The smallest absolute Gasteiger partial charge is 0.335 e. The average molecular weight is 396 g/mol. The van der Waals surface area contributed by atoms with Gasteiger partial charge < -0.3 is 14.7 Å². The number of carboxylic acid groups (broad SMARTS) is 1. The van der Waals surface area contributed by atoms with Crippen molar-refractivity contribution >= 4 is 46.2 Å². The molecule has 0 unspecified atom stereocenters. The number of ether oxygens (including phenoxy) is 1. The van der Waals surface area contributed by atoms with E-state index in [-0.39, 0.29) is 5.56 Å². The van der Waals surface area contributed by atoms with Crippen molar-refractivity contribution in [2.75, 3.05) is 36.9 Å². The number of anilines is 1. The molecule has 0 bridgehead atoms. The molecule has 0 heterocycles. The van der Waals surface area contributed by atoms with Gasteiger partial charge in [-0.05, 0) is 36.4 Å². The minimum Gasteiger partial charge on any atom is -0.495 e. The van der Waals surface area contributed by atoms with E-state index in [4.69, 9.17) is 33.0 Å². The highest BCUT2D eigenvalue weighted by Crippen LogP contribution is 2.33. The van der Waals surface area contributed by atoms with Crippen LogP contribution >= 0.6 is 23.2 Å². The van der Waals surface area contributed by atoms with Gasteiger partial charge in [0.2, 0.25) is 0 Å². The molecular weight excluding hydrogens is 377 g/mol. The lowest BCUT2D eigenvalue weighted by atomic mass is 10.2. The Morgan fingerprint density at radius 2 is 1.62 bits per heavy atom. The number of benzene rings is 2. The third-order valence-corrected chi connectivity index (χ3v) is 3.95. The molecule has 0 aliphatic rings. The number of methoxy groups -OCH3 is 1. The van der Waals surface area contributed by atoms with Crippen LogP contribution < -0.4 is 9.64 Å². The molecule has 0 aliphatic carbocycles. The molecule has 0 spiro atoms. The number of hydrogen-bond acceptors (Lipinski definition) is 5. The van der Waals surface area contributed by atoms with Crippen molar-refractivity contribution in [3.8, 4) is 5.75 Å². The van der Waals surface area contributed by atoms with Gasteiger partial charge in [0.25, 0.3) is 0 Å². The van der Waals surface area contributed by atoms with Gasteiger partial charge >= 0.3 is 5.97 Å². The predicted molar refractivity (Wildman–Crippen MR) is 104 cm³/mol. The van der Waals surface area contributed by atoms with E-state index in [1.165, 1.54) is 12.1 Å². The minimum atomic E-state index is -0.979. The van der Waals surface area contributed by atoms with Crippen LogP contribution in [0.5, 0.6) is 5.75 Å². The van der Waals surface area contributed by atoms with E-state index < -0.39 is 5.97 Å². The Balaban J connectivity index is 2.21. The van der Waals surface area contributed by atoms with Crippen molar-refractivity contribution in [3.63, 3.8) is 0 Å². The van der Waals surface area contributed by atoms with Gasteiger partial charge in [-0.25, -0.2) is 4.79 Å². The van der Waals surface area contributed by atoms with Crippen LogP contribution in [0.15, 0.2) is 52.7 Å². The zero-order chi connectivity index (χ0) is 18.9. The second-order valence-corrected chi connectivity index (χ2v) is 6.03. The average Bonchev–Trinajstić information content (AvgIpc) is 2.66. The van der Waals surface area contributed by atoms with Gasteiger partial charge in [0.05, 0.1) is 29.7 Å². The highest BCUT2D eigenvalue weighted by atomic mass is 35.5. The Bertz CT molecular complexity index is 761. The third-order valence-electron chi connectivity index (χ3n) is 3.61. The Hall–Kier alpha value is -2.31. The Labute approximate surface area is 162 Å². The van der Waals surface area contributed by atoms with Crippen LogP contribution in [0.1, 0.15) is 10.4 Å². The quantitative estimate of drug-likeness (QED) is 0.473. The van der Waals surface area contributed by atoms with Crippen LogP contribution in [0.3, 0.4) is 0 Å². The van der Waals surface area contributed by atoms with Crippen LogP contribution in [-0.2, 0) is 0 Å². The molecule has 0 radical (unpaired) electrons. The number of halogens is 2. The van der Waals surface area contributed by atoms with Gasteiger partial charge in [0.1, 0.15) is 5.75 Å². The molecule has 26 heavy (non-hydrogen) atoms. The fourth-order valence-corrected chi connectivity index (χ4v) is 2.74. The largest absolute Gasteiger partial charge is 0.495 e. The van der Waals surface area contributed by atoms with E-state index in [1.807, 2.05) is 17.0 Å². The molecule has 0 saturated carbocycles. The summed E-state index contributed by atoms with van der Waals surface area (Å²) >= 11 is 11.7. The van der Waals surface area contributed by atoms with Crippen molar-refractivity contribution in [3.05, 3.63) is 48.0 Å². The van der Waals surface area contributed by atoms with Gasteiger partial charge in [-0.2, -0.15) is 10.2 Å². The Kier molecular flexibility index (Phi) is 7.69. The van der Waals surface area contributed by atoms with Crippen LogP contribution in [0.4, 0.5) is 17.1 Å². The van der Waals surface area contributed by atoms with Gasteiger partial charge in [-0.15, -0.1) is 23.2 Å². The molecule has 1 N–H and O–H groups in total. The lowest BCUT2D eigenvalue weighted by Gasteiger charge is -2.24. The standard InChI is InChI=1S/C18H19Cl2N3O3/c1-26-17-12-15(6-7-16(17)23(10-8-19)11-9-20)22-21-14-4-2-13(3-5-14)18(24)25/h2-7,12H,8-11H2,1H3,(H,24,25). The summed E-state index contributed by atoms with van der Waals surface area (Å²) in [6, 6.07) is 11.7. The van der Waals surface area contributed by atoms with Crippen molar-refractivity contribution < 1.29 is 14.6 Å². The summed E-state index contributed by atoms with van der Waals surface area (Å²) in [7, 11) is 1.59. The molecule has 2 aromatic rings. The first-order valence-corrected chi connectivity index (χ1v) is 8.96. The molecule has 0 atom stereocenters. The first-order chi connectivity index (χ1) is 12.6. The summed E-state index contributed by atoms with van der Waals surface area (Å²) in [6.45, 7) is 1.31. The lowest BCUT2D eigenvalue weighted by molar-refractivity contribution is 0.0697. The summed E-state index contributed by atoms with van der Waals surface area (Å²) in [4.78, 5) is 12.9. The molecule has 2 rings (SSSR count). The summed E-state index contributed by atoms with van der Waals surface area (Å²) in [5.41, 5.74) is 2.26. The van der Waals surface area contributed by atoms with Crippen LogP contribution in [0, 0.1) is 0 Å². The van der Waals surface area contributed by atoms with E-state index >= 15 is 0 Å². The van der Waals surface area contributed by atoms with Crippen LogP contribution in [-0.4, -0.2) is 43.0 Å². The molecule has 2 aromatic carbocycles. The molecule has 0 amide bonds.